The molecule has 0 aliphatic heterocycles. The van der Waals surface area contributed by atoms with E-state index in [9.17, 15) is 8.42 Å². The average Bonchev–Trinajstić information content (AvgIpc) is 3.17. The predicted molar refractivity (Wildman–Crippen MR) is 124 cm³/mol. The van der Waals surface area contributed by atoms with Crippen LogP contribution in [0.15, 0.2) is 94.4 Å². The second-order valence-corrected chi connectivity index (χ2v) is 10.1. The zero-order chi connectivity index (χ0) is 21.8. The van der Waals surface area contributed by atoms with Gasteiger partial charge in [0.25, 0.3) is 0 Å². The first kappa shape index (κ1) is 21.2. The van der Waals surface area contributed by atoms with Gasteiger partial charge in [-0.1, -0.05) is 36.4 Å². The lowest BCUT2D eigenvalue weighted by Gasteiger charge is -2.13. The molecule has 0 saturated heterocycles. The lowest BCUT2D eigenvalue weighted by molar-refractivity contribution is 0.521. The monoisotopic (exact) mass is 450 g/mol. The highest BCUT2D eigenvalue weighted by Crippen LogP contribution is 2.25. The van der Waals surface area contributed by atoms with Crippen LogP contribution in [0.3, 0.4) is 0 Å². The van der Waals surface area contributed by atoms with Crippen molar-refractivity contribution < 1.29 is 8.42 Å². The summed E-state index contributed by atoms with van der Waals surface area (Å²) in [5, 5.41) is 2.01. The third-order valence-corrected chi connectivity index (χ3v) is 7.43. The summed E-state index contributed by atoms with van der Waals surface area (Å²) in [6.07, 6.45) is 3.57. The molecule has 2 aromatic heterocycles. The molecule has 6 nitrogen and oxygen atoms in total. The third-order valence-electron chi connectivity index (χ3n) is 4.75. The number of hydrogen-bond acceptors (Lipinski definition) is 5. The quantitative estimate of drug-likeness (QED) is 0.443. The van der Waals surface area contributed by atoms with Crippen LogP contribution in [0.4, 0.5) is 5.69 Å². The SMILES string of the molecule is CN(C)S(=O)(=O)c1cccc(-c2csc(=Nc3ccccc3)n2Cc2cccnc2)c1. The first-order valence-electron chi connectivity index (χ1n) is 9.65. The van der Waals surface area contributed by atoms with Crippen molar-refractivity contribution in [1.82, 2.24) is 13.9 Å². The van der Waals surface area contributed by atoms with Crippen LogP contribution in [0, 0.1) is 0 Å². The van der Waals surface area contributed by atoms with Crippen molar-refractivity contribution in [2.75, 3.05) is 14.1 Å². The summed E-state index contributed by atoms with van der Waals surface area (Å²) in [6.45, 7) is 0.572. The van der Waals surface area contributed by atoms with Gasteiger partial charge in [-0.3, -0.25) is 4.98 Å². The molecule has 4 aromatic rings. The van der Waals surface area contributed by atoms with E-state index in [0.717, 1.165) is 27.3 Å². The number of hydrogen-bond donors (Lipinski definition) is 0. The van der Waals surface area contributed by atoms with E-state index in [-0.39, 0.29) is 4.90 Å². The summed E-state index contributed by atoms with van der Waals surface area (Å²) in [5.41, 5.74) is 3.62. The Balaban J connectivity index is 1.86. The molecule has 0 aliphatic rings. The molecule has 0 N–H and O–H groups in total. The second-order valence-electron chi connectivity index (χ2n) is 7.11. The maximum Gasteiger partial charge on any atom is 0.242 e. The van der Waals surface area contributed by atoms with Crippen molar-refractivity contribution >= 4 is 27.0 Å². The van der Waals surface area contributed by atoms with Crippen LogP contribution in [0.2, 0.25) is 0 Å². The van der Waals surface area contributed by atoms with Gasteiger partial charge < -0.3 is 4.57 Å². The van der Waals surface area contributed by atoms with E-state index in [4.69, 9.17) is 4.99 Å². The average molecular weight is 451 g/mol. The van der Waals surface area contributed by atoms with E-state index >= 15 is 0 Å². The van der Waals surface area contributed by atoms with Gasteiger partial charge in [0.15, 0.2) is 4.80 Å². The van der Waals surface area contributed by atoms with E-state index in [1.807, 2.05) is 60.1 Å². The van der Waals surface area contributed by atoms with Crippen LogP contribution in [-0.2, 0) is 16.6 Å². The lowest BCUT2D eigenvalue weighted by Crippen LogP contribution is -2.22. The Morgan fingerprint density at radius 2 is 1.84 bits per heavy atom. The van der Waals surface area contributed by atoms with Crippen molar-refractivity contribution in [3.63, 3.8) is 0 Å². The largest absolute Gasteiger partial charge is 0.312 e. The van der Waals surface area contributed by atoms with Gasteiger partial charge in [0.05, 0.1) is 22.8 Å². The molecular formula is C23H22N4O2S2. The van der Waals surface area contributed by atoms with Crippen molar-refractivity contribution in [1.29, 1.82) is 0 Å². The van der Waals surface area contributed by atoms with E-state index in [1.54, 1.807) is 24.4 Å². The number of rotatable bonds is 6. The van der Waals surface area contributed by atoms with Gasteiger partial charge in [-0.05, 0) is 35.9 Å². The van der Waals surface area contributed by atoms with Gasteiger partial charge in [0.2, 0.25) is 10.0 Å². The molecule has 4 rings (SSSR count). The Kier molecular flexibility index (Phi) is 6.13. The first-order chi connectivity index (χ1) is 14.9. The Hall–Kier alpha value is -3.07. The zero-order valence-electron chi connectivity index (χ0n) is 17.2. The first-order valence-corrected chi connectivity index (χ1v) is 12.0. The van der Waals surface area contributed by atoms with Crippen molar-refractivity contribution in [3.05, 3.63) is 94.9 Å². The van der Waals surface area contributed by atoms with Crippen LogP contribution < -0.4 is 4.80 Å². The topological polar surface area (TPSA) is 67.6 Å². The van der Waals surface area contributed by atoms with Crippen LogP contribution >= 0.6 is 11.3 Å². The number of aromatic nitrogens is 2. The molecule has 2 aromatic carbocycles. The number of thiazole rings is 1. The fraction of sp³-hybridized carbons (Fsp3) is 0.130. The number of para-hydroxylation sites is 1. The Bertz CT molecular complexity index is 1340. The van der Waals surface area contributed by atoms with Crippen molar-refractivity contribution in [2.24, 2.45) is 4.99 Å². The Morgan fingerprint density at radius 1 is 1.03 bits per heavy atom. The molecule has 31 heavy (non-hydrogen) atoms. The zero-order valence-corrected chi connectivity index (χ0v) is 18.8. The minimum Gasteiger partial charge on any atom is -0.312 e. The van der Waals surface area contributed by atoms with Crippen molar-refractivity contribution in [2.45, 2.75) is 11.4 Å². The molecule has 0 bridgehead atoms. The molecule has 0 unspecified atom stereocenters. The van der Waals surface area contributed by atoms with Gasteiger partial charge in [0.1, 0.15) is 0 Å². The highest BCUT2D eigenvalue weighted by atomic mass is 32.2. The van der Waals surface area contributed by atoms with Gasteiger partial charge in [0, 0.05) is 37.4 Å². The van der Waals surface area contributed by atoms with Gasteiger partial charge >= 0.3 is 0 Å². The van der Waals surface area contributed by atoms with E-state index < -0.39 is 10.0 Å². The van der Waals surface area contributed by atoms with Crippen LogP contribution in [0.1, 0.15) is 5.56 Å². The van der Waals surface area contributed by atoms with E-state index in [2.05, 4.69) is 9.55 Å². The van der Waals surface area contributed by atoms with Crippen LogP contribution in [0.5, 0.6) is 0 Å². The molecule has 0 spiro atoms. The molecule has 0 saturated carbocycles. The molecular weight excluding hydrogens is 428 g/mol. The van der Waals surface area contributed by atoms with E-state index in [0.29, 0.717) is 6.54 Å². The predicted octanol–water partition coefficient (Wildman–Crippen LogP) is 4.14. The summed E-state index contributed by atoms with van der Waals surface area (Å²) in [7, 11) is -0.459. The number of benzene rings is 2. The summed E-state index contributed by atoms with van der Waals surface area (Å²) in [4.78, 5) is 10.1. The van der Waals surface area contributed by atoms with Gasteiger partial charge in [-0.25, -0.2) is 17.7 Å². The fourth-order valence-corrected chi connectivity index (χ4v) is 4.99. The Morgan fingerprint density at radius 3 is 2.55 bits per heavy atom. The fourth-order valence-electron chi connectivity index (χ4n) is 3.12. The molecule has 8 heteroatoms. The molecule has 0 aliphatic carbocycles. The molecule has 2 heterocycles. The molecule has 0 amide bonds. The highest BCUT2D eigenvalue weighted by Gasteiger charge is 2.18. The molecule has 0 radical (unpaired) electrons. The maximum absolute atomic E-state index is 12.6. The second kappa shape index (κ2) is 8.97. The summed E-state index contributed by atoms with van der Waals surface area (Å²) in [5.74, 6) is 0. The highest BCUT2D eigenvalue weighted by molar-refractivity contribution is 7.89. The van der Waals surface area contributed by atoms with E-state index in [1.165, 1.54) is 29.7 Å². The molecule has 0 fully saturated rings. The number of sulfonamides is 1. The number of nitrogens with zero attached hydrogens (tertiary/aromatic N) is 4. The van der Waals surface area contributed by atoms with Crippen LogP contribution in [-0.4, -0.2) is 36.4 Å². The standard InChI is InChI=1S/C23H22N4O2S2/c1-26(2)31(28,29)21-12-6-9-19(14-21)22-17-30-23(25-20-10-4-3-5-11-20)27(22)16-18-8-7-13-24-15-18/h3-15,17H,16H2,1-2H3. The summed E-state index contributed by atoms with van der Waals surface area (Å²) >= 11 is 1.52. The Labute approximate surface area is 185 Å². The third kappa shape index (κ3) is 4.66. The van der Waals surface area contributed by atoms with Gasteiger partial charge in [-0.15, -0.1) is 11.3 Å². The molecule has 158 valence electrons. The number of pyridine rings is 1. The lowest BCUT2D eigenvalue weighted by atomic mass is 10.1. The van der Waals surface area contributed by atoms with Crippen molar-refractivity contribution in [3.8, 4) is 11.3 Å². The summed E-state index contributed by atoms with van der Waals surface area (Å²) < 4.78 is 28.6. The van der Waals surface area contributed by atoms with Crippen LogP contribution in [0.25, 0.3) is 11.3 Å². The normalized spacial score (nSPS) is 12.4. The summed E-state index contributed by atoms with van der Waals surface area (Å²) in [6, 6.07) is 20.7. The molecule has 0 atom stereocenters. The smallest absolute Gasteiger partial charge is 0.242 e. The minimum atomic E-state index is -3.53. The minimum absolute atomic E-state index is 0.260. The van der Waals surface area contributed by atoms with Gasteiger partial charge in [-0.2, -0.15) is 0 Å². The maximum atomic E-state index is 12.6.